The van der Waals surface area contributed by atoms with Crippen LogP contribution in [0.25, 0.3) is 10.8 Å². The smallest absolute Gasteiger partial charge is 0.0440 e. The van der Waals surface area contributed by atoms with Crippen molar-refractivity contribution in [2.75, 3.05) is 31.3 Å². The molecule has 2 fully saturated rings. The molecule has 30 heavy (non-hydrogen) atoms. The molecule has 0 spiro atoms. The quantitative estimate of drug-likeness (QED) is 0.582. The molecule has 1 aliphatic carbocycles. The highest BCUT2D eigenvalue weighted by atomic mass is 15.2. The molecule has 3 aromatic rings. The van der Waals surface area contributed by atoms with E-state index < -0.39 is 0 Å². The van der Waals surface area contributed by atoms with Crippen LogP contribution in [0.5, 0.6) is 0 Å². The Kier molecular flexibility index (Phi) is 4.94. The molecule has 3 heteroatoms. The van der Waals surface area contributed by atoms with Crippen molar-refractivity contribution < 1.29 is 0 Å². The molecule has 1 saturated carbocycles. The minimum atomic E-state index is 0.325. The molecule has 156 valence electrons. The van der Waals surface area contributed by atoms with Crippen LogP contribution in [0.4, 0.5) is 11.4 Å². The third-order valence-corrected chi connectivity index (χ3v) is 7.56. The van der Waals surface area contributed by atoms with Gasteiger partial charge in [-0.25, -0.2) is 0 Å². The van der Waals surface area contributed by atoms with Gasteiger partial charge in [0.2, 0.25) is 0 Å². The highest BCUT2D eigenvalue weighted by Crippen LogP contribution is 2.47. The number of rotatable bonds is 4. The molecule has 1 heterocycles. The maximum atomic E-state index is 6.13. The molecule has 1 aliphatic heterocycles. The second-order valence-electron chi connectivity index (χ2n) is 9.56. The first-order valence-electron chi connectivity index (χ1n) is 11.3. The maximum Gasteiger partial charge on any atom is 0.0440 e. The Morgan fingerprint density at radius 1 is 1.00 bits per heavy atom. The summed E-state index contributed by atoms with van der Waals surface area (Å²) in [4.78, 5) is 4.97. The zero-order chi connectivity index (χ0) is 20.7. The molecule has 0 amide bonds. The zero-order valence-corrected chi connectivity index (χ0v) is 18.3. The number of nitrogens with two attached hydrogens (primary N) is 1. The predicted octanol–water partition coefficient (Wildman–Crippen LogP) is 5.57. The summed E-state index contributed by atoms with van der Waals surface area (Å²) in [5.41, 5.74) is 11.6. The average Bonchev–Trinajstić information content (AvgIpc) is 2.76. The van der Waals surface area contributed by atoms with Crippen LogP contribution in [0.2, 0.25) is 0 Å². The van der Waals surface area contributed by atoms with Gasteiger partial charge in [0.1, 0.15) is 0 Å². The second kappa shape index (κ2) is 7.63. The van der Waals surface area contributed by atoms with E-state index in [4.69, 9.17) is 5.73 Å². The number of benzene rings is 3. The van der Waals surface area contributed by atoms with Crippen LogP contribution in [0, 0.1) is 0 Å². The molecule has 1 saturated heterocycles. The number of hydrogen-bond donors (Lipinski definition) is 1. The first-order valence-corrected chi connectivity index (χ1v) is 11.3. The van der Waals surface area contributed by atoms with E-state index in [9.17, 15) is 0 Å². The summed E-state index contributed by atoms with van der Waals surface area (Å²) in [7, 11) is 4.26. The number of piperidine rings is 1. The molecule has 0 aromatic heterocycles. The minimum Gasteiger partial charge on any atom is -0.399 e. The summed E-state index contributed by atoms with van der Waals surface area (Å²) in [6.07, 6.45) is 6.44. The lowest BCUT2D eigenvalue weighted by Crippen LogP contribution is -2.51. The maximum absolute atomic E-state index is 6.13. The van der Waals surface area contributed by atoms with Crippen LogP contribution in [0.15, 0.2) is 60.7 Å². The van der Waals surface area contributed by atoms with Gasteiger partial charge in [-0.1, -0.05) is 48.9 Å². The number of fused-ring (bicyclic) bond motifs is 3. The van der Waals surface area contributed by atoms with E-state index in [1.807, 2.05) is 6.07 Å². The van der Waals surface area contributed by atoms with E-state index in [2.05, 4.69) is 78.5 Å². The van der Waals surface area contributed by atoms with Crippen LogP contribution in [-0.2, 0) is 12.0 Å². The van der Waals surface area contributed by atoms with Gasteiger partial charge >= 0.3 is 0 Å². The van der Waals surface area contributed by atoms with Gasteiger partial charge in [-0.2, -0.15) is 0 Å². The Morgan fingerprint density at radius 3 is 2.63 bits per heavy atom. The largest absolute Gasteiger partial charge is 0.399 e. The second-order valence-corrected chi connectivity index (χ2v) is 9.56. The van der Waals surface area contributed by atoms with Crippen molar-refractivity contribution in [1.82, 2.24) is 4.90 Å². The van der Waals surface area contributed by atoms with Crippen molar-refractivity contribution in [3.8, 4) is 0 Å². The summed E-state index contributed by atoms with van der Waals surface area (Å²) >= 11 is 0. The molecular weight excluding hydrogens is 366 g/mol. The SMILES string of the molecule is CN(C)c1ccc(CN2CCC3(c4cccc(N)c4)CCCC2C3)c2ccccc12. The summed E-state index contributed by atoms with van der Waals surface area (Å²) in [6, 6.07) is 22.9. The molecule has 3 aromatic carbocycles. The third kappa shape index (κ3) is 3.35. The van der Waals surface area contributed by atoms with Crippen LogP contribution in [0.3, 0.4) is 0 Å². The van der Waals surface area contributed by atoms with Crippen molar-refractivity contribution in [1.29, 1.82) is 0 Å². The zero-order valence-electron chi connectivity index (χ0n) is 18.3. The summed E-state index contributed by atoms with van der Waals surface area (Å²) in [6.45, 7) is 2.22. The van der Waals surface area contributed by atoms with Gasteiger partial charge < -0.3 is 10.6 Å². The lowest BCUT2D eigenvalue weighted by atomic mass is 9.63. The van der Waals surface area contributed by atoms with Gasteiger partial charge in [-0.15, -0.1) is 0 Å². The van der Waals surface area contributed by atoms with Gasteiger partial charge in [0.05, 0.1) is 0 Å². The number of nitrogen functional groups attached to an aromatic ring is 1. The molecule has 2 unspecified atom stereocenters. The number of likely N-dealkylation sites (tertiary alicyclic amines) is 1. The Labute approximate surface area is 180 Å². The van der Waals surface area contributed by atoms with Crippen LogP contribution in [-0.4, -0.2) is 31.6 Å². The normalized spacial score (nSPS) is 24.1. The van der Waals surface area contributed by atoms with E-state index in [1.165, 1.54) is 66.2 Å². The van der Waals surface area contributed by atoms with Gasteiger partial charge in [-0.05, 0) is 72.4 Å². The Bertz CT molecular complexity index is 1060. The number of anilines is 2. The van der Waals surface area contributed by atoms with Gasteiger partial charge in [0.15, 0.2) is 0 Å². The summed E-state index contributed by atoms with van der Waals surface area (Å²) in [5, 5.41) is 2.75. The fraction of sp³-hybridized carbons (Fsp3) is 0.407. The fourth-order valence-electron chi connectivity index (χ4n) is 5.99. The lowest BCUT2D eigenvalue weighted by Gasteiger charge is -2.51. The molecule has 2 atom stereocenters. The topological polar surface area (TPSA) is 32.5 Å². The van der Waals surface area contributed by atoms with Crippen LogP contribution >= 0.6 is 0 Å². The minimum absolute atomic E-state index is 0.325. The van der Waals surface area contributed by atoms with Crippen LogP contribution < -0.4 is 10.6 Å². The lowest BCUT2D eigenvalue weighted by molar-refractivity contribution is 0.0462. The molecule has 5 rings (SSSR count). The Hall–Kier alpha value is -2.52. The molecule has 2 aliphatic rings. The van der Waals surface area contributed by atoms with Crippen molar-refractivity contribution in [3.05, 3.63) is 71.8 Å². The Morgan fingerprint density at radius 2 is 1.83 bits per heavy atom. The van der Waals surface area contributed by atoms with Gasteiger partial charge in [-0.3, -0.25) is 4.90 Å². The molecule has 3 nitrogen and oxygen atoms in total. The molecule has 2 N–H and O–H groups in total. The average molecular weight is 400 g/mol. The van der Waals surface area contributed by atoms with Crippen molar-refractivity contribution in [2.24, 2.45) is 0 Å². The van der Waals surface area contributed by atoms with E-state index in [0.717, 1.165) is 12.2 Å². The fourth-order valence-corrected chi connectivity index (χ4v) is 5.99. The predicted molar refractivity (Wildman–Crippen MR) is 128 cm³/mol. The van der Waals surface area contributed by atoms with Gasteiger partial charge in [0.25, 0.3) is 0 Å². The van der Waals surface area contributed by atoms with E-state index in [-0.39, 0.29) is 0 Å². The van der Waals surface area contributed by atoms with Gasteiger partial charge in [0, 0.05) is 43.4 Å². The van der Waals surface area contributed by atoms with E-state index in [1.54, 1.807) is 0 Å². The van der Waals surface area contributed by atoms with E-state index in [0.29, 0.717) is 11.5 Å². The molecular formula is C27H33N3. The van der Waals surface area contributed by atoms with E-state index >= 15 is 0 Å². The molecule has 0 radical (unpaired) electrons. The Balaban J connectivity index is 1.42. The number of nitrogens with zero attached hydrogens (tertiary/aromatic N) is 2. The van der Waals surface area contributed by atoms with Crippen molar-refractivity contribution >= 4 is 22.1 Å². The van der Waals surface area contributed by atoms with Crippen molar-refractivity contribution in [3.63, 3.8) is 0 Å². The third-order valence-electron chi connectivity index (χ3n) is 7.56. The highest BCUT2D eigenvalue weighted by Gasteiger charge is 2.43. The number of hydrogen-bond acceptors (Lipinski definition) is 3. The standard InChI is InChI=1S/C27H33N3/c1-29(2)26-13-12-20(24-10-3-4-11-25(24)26)19-30-16-15-27(14-6-9-23(30)18-27)21-7-5-8-22(28)17-21/h3-5,7-8,10-13,17,23H,6,9,14-16,18-19,28H2,1-2H3. The summed E-state index contributed by atoms with van der Waals surface area (Å²) in [5.74, 6) is 0. The first-order chi connectivity index (χ1) is 14.6. The monoisotopic (exact) mass is 399 g/mol. The first kappa shape index (κ1) is 19.4. The van der Waals surface area contributed by atoms with Crippen LogP contribution in [0.1, 0.15) is 43.2 Å². The molecule has 2 bridgehead atoms. The van der Waals surface area contributed by atoms with Crippen molar-refractivity contribution in [2.45, 2.75) is 50.1 Å². The highest BCUT2D eigenvalue weighted by molar-refractivity contribution is 5.96. The summed E-state index contributed by atoms with van der Waals surface area (Å²) < 4.78 is 0.